The second-order valence-corrected chi connectivity index (χ2v) is 7.76. The Hall–Kier alpha value is -3.77. The summed E-state index contributed by atoms with van der Waals surface area (Å²) in [7, 11) is 0. The number of para-hydroxylation sites is 2. The van der Waals surface area contributed by atoms with Gasteiger partial charge >= 0.3 is 5.63 Å². The summed E-state index contributed by atoms with van der Waals surface area (Å²) >= 11 is 1.07. The van der Waals surface area contributed by atoms with Gasteiger partial charge in [-0.3, -0.25) is 9.36 Å². The van der Waals surface area contributed by atoms with Gasteiger partial charge in [0.2, 0.25) is 0 Å². The third kappa shape index (κ3) is 2.89. The summed E-state index contributed by atoms with van der Waals surface area (Å²) in [6, 6.07) is 25.5. The van der Waals surface area contributed by atoms with Crippen molar-refractivity contribution in [2.45, 2.75) is 9.79 Å². The van der Waals surface area contributed by atoms with Gasteiger partial charge in [0, 0.05) is 16.0 Å². The molecule has 0 aliphatic heterocycles. The predicted molar refractivity (Wildman–Crippen MR) is 118 cm³/mol. The summed E-state index contributed by atoms with van der Waals surface area (Å²) in [6.07, 6.45) is 0. The van der Waals surface area contributed by atoms with E-state index in [9.17, 15) is 14.7 Å². The molecule has 0 bridgehead atoms. The van der Waals surface area contributed by atoms with Gasteiger partial charge in [0.05, 0.1) is 5.52 Å². The lowest BCUT2D eigenvalue weighted by Crippen LogP contribution is -2.20. The van der Waals surface area contributed by atoms with E-state index in [1.165, 1.54) is 4.57 Å². The summed E-state index contributed by atoms with van der Waals surface area (Å²) in [4.78, 5) is 27.0. The minimum atomic E-state index is -0.684. The number of pyridine rings is 1. The molecule has 0 radical (unpaired) electrons. The lowest BCUT2D eigenvalue weighted by Gasteiger charge is -2.14. The van der Waals surface area contributed by atoms with Crippen LogP contribution in [0, 0.1) is 0 Å². The van der Waals surface area contributed by atoms with Crippen molar-refractivity contribution in [2.75, 3.05) is 0 Å². The zero-order valence-electron chi connectivity index (χ0n) is 15.6. The maximum Gasteiger partial charge on any atom is 0.354 e. The molecule has 0 amide bonds. The minimum Gasteiger partial charge on any atom is -0.505 e. The van der Waals surface area contributed by atoms with Gasteiger partial charge in [-0.1, -0.05) is 60.3 Å². The highest BCUT2D eigenvalue weighted by atomic mass is 32.2. The quantitative estimate of drug-likeness (QED) is 0.424. The molecule has 6 heteroatoms. The third-order valence-corrected chi connectivity index (χ3v) is 5.92. The fourth-order valence-electron chi connectivity index (χ4n) is 3.51. The van der Waals surface area contributed by atoms with Crippen LogP contribution in [0.5, 0.6) is 5.75 Å². The number of benzene rings is 3. The van der Waals surface area contributed by atoms with E-state index in [2.05, 4.69) is 0 Å². The third-order valence-electron chi connectivity index (χ3n) is 4.84. The van der Waals surface area contributed by atoms with Crippen LogP contribution in [-0.2, 0) is 0 Å². The smallest absolute Gasteiger partial charge is 0.354 e. The number of aromatic hydroxyl groups is 1. The number of fused-ring (bicyclic) bond motifs is 3. The molecule has 0 atom stereocenters. The molecule has 5 aromatic rings. The van der Waals surface area contributed by atoms with E-state index in [0.29, 0.717) is 16.6 Å². The molecule has 2 heterocycles. The number of aromatic nitrogens is 1. The summed E-state index contributed by atoms with van der Waals surface area (Å²) in [6.45, 7) is 0. The SMILES string of the molecule is O=c1oc2c(c(O)c1Sc1ccccc1)c(=O)n(-c1ccccc1)c1ccccc21. The molecule has 3 aromatic carbocycles. The summed E-state index contributed by atoms with van der Waals surface area (Å²) < 4.78 is 7.10. The average Bonchev–Trinajstić information content (AvgIpc) is 2.78. The number of rotatable bonds is 3. The first-order chi connectivity index (χ1) is 14.6. The molecule has 2 aromatic heterocycles. The van der Waals surface area contributed by atoms with E-state index < -0.39 is 11.2 Å². The molecule has 146 valence electrons. The van der Waals surface area contributed by atoms with Gasteiger partial charge in [0.25, 0.3) is 5.56 Å². The van der Waals surface area contributed by atoms with Gasteiger partial charge in [-0.15, -0.1) is 0 Å². The zero-order chi connectivity index (χ0) is 20.7. The topological polar surface area (TPSA) is 72.4 Å². The van der Waals surface area contributed by atoms with Crippen molar-refractivity contribution in [3.63, 3.8) is 0 Å². The standard InChI is InChI=1S/C24H15NO4S/c26-20-19-21(29-24(28)22(20)30-16-11-5-2-6-12-16)17-13-7-8-14-18(17)25(23(19)27)15-9-3-1-4-10-15/h1-14,26H. The summed E-state index contributed by atoms with van der Waals surface area (Å²) in [5, 5.41) is 11.6. The summed E-state index contributed by atoms with van der Waals surface area (Å²) in [5.41, 5.74) is 0.195. The Morgan fingerprint density at radius 3 is 2.17 bits per heavy atom. The van der Waals surface area contributed by atoms with Crippen molar-refractivity contribution in [3.8, 4) is 11.4 Å². The molecule has 0 saturated heterocycles. The highest BCUT2D eigenvalue weighted by Gasteiger charge is 2.22. The molecule has 0 fully saturated rings. The lowest BCUT2D eigenvalue weighted by atomic mass is 10.1. The van der Waals surface area contributed by atoms with E-state index in [0.717, 1.165) is 16.7 Å². The van der Waals surface area contributed by atoms with E-state index in [1.807, 2.05) is 66.7 Å². The lowest BCUT2D eigenvalue weighted by molar-refractivity contribution is 0.447. The Morgan fingerprint density at radius 2 is 1.43 bits per heavy atom. The molecule has 1 N–H and O–H groups in total. The van der Waals surface area contributed by atoms with Gasteiger partial charge in [-0.2, -0.15) is 0 Å². The zero-order valence-corrected chi connectivity index (χ0v) is 16.4. The van der Waals surface area contributed by atoms with Crippen LogP contribution in [0.2, 0.25) is 0 Å². The first kappa shape index (κ1) is 18.3. The molecule has 0 spiro atoms. The molecular weight excluding hydrogens is 398 g/mol. The van der Waals surface area contributed by atoms with Gasteiger partial charge in [0.1, 0.15) is 10.3 Å². The van der Waals surface area contributed by atoms with E-state index in [4.69, 9.17) is 4.42 Å². The van der Waals surface area contributed by atoms with Crippen LogP contribution >= 0.6 is 11.8 Å². The van der Waals surface area contributed by atoms with Crippen LogP contribution in [0.15, 0.2) is 109 Å². The van der Waals surface area contributed by atoms with Crippen LogP contribution < -0.4 is 11.2 Å². The Balaban J connectivity index is 1.90. The number of hydrogen-bond donors (Lipinski definition) is 1. The van der Waals surface area contributed by atoms with Crippen LogP contribution in [0.25, 0.3) is 27.6 Å². The summed E-state index contributed by atoms with van der Waals surface area (Å²) in [5.74, 6) is -0.365. The van der Waals surface area contributed by atoms with Gasteiger partial charge in [0.15, 0.2) is 11.3 Å². The normalized spacial score (nSPS) is 11.2. The number of hydrogen-bond acceptors (Lipinski definition) is 5. The fraction of sp³-hybridized carbons (Fsp3) is 0. The van der Waals surface area contributed by atoms with Gasteiger partial charge < -0.3 is 9.52 Å². The molecule has 5 rings (SSSR count). The molecular formula is C24H15NO4S. The monoisotopic (exact) mass is 413 g/mol. The Bertz CT molecular complexity index is 1510. The largest absolute Gasteiger partial charge is 0.505 e. The first-order valence-corrected chi connectivity index (χ1v) is 10.1. The maximum absolute atomic E-state index is 13.5. The Labute approximate surface area is 174 Å². The van der Waals surface area contributed by atoms with Crippen LogP contribution in [0.4, 0.5) is 0 Å². The van der Waals surface area contributed by atoms with Crippen molar-refractivity contribution in [3.05, 3.63) is 106 Å². The molecule has 0 aliphatic carbocycles. The second-order valence-electron chi connectivity index (χ2n) is 6.68. The van der Waals surface area contributed by atoms with E-state index >= 15 is 0 Å². The van der Waals surface area contributed by atoms with Crippen molar-refractivity contribution in [1.29, 1.82) is 0 Å². The molecule has 30 heavy (non-hydrogen) atoms. The highest BCUT2D eigenvalue weighted by Crippen LogP contribution is 2.37. The molecule has 0 saturated carbocycles. The van der Waals surface area contributed by atoms with Crippen molar-refractivity contribution < 1.29 is 9.52 Å². The minimum absolute atomic E-state index is 0.0132. The van der Waals surface area contributed by atoms with Crippen molar-refractivity contribution in [2.24, 2.45) is 0 Å². The average molecular weight is 413 g/mol. The van der Waals surface area contributed by atoms with E-state index in [1.54, 1.807) is 18.2 Å². The van der Waals surface area contributed by atoms with Gasteiger partial charge in [-0.05, 0) is 36.4 Å². The second kappa shape index (κ2) is 7.24. The van der Waals surface area contributed by atoms with Crippen LogP contribution in [0.1, 0.15) is 0 Å². The highest BCUT2D eigenvalue weighted by molar-refractivity contribution is 7.99. The fourth-order valence-corrected chi connectivity index (χ4v) is 4.36. The van der Waals surface area contributed by atoms with Crippen molar-refractivity contribution in [1.82, 2.24) is 4.57 Å². The Kier molecular flexibility index (Phi) is 4.41. The van der Waals surface area contributed by atoms with E-state index in [-0.39, 0.29) is 21.6 Å². The van der Waals surface area contributed by atoms with Crippen molar-refractivity contribution >= 4 is 33.6 Å². The first-order valence-electron chi connectivity index (χ1n) is 9.27. The van der Waals surface area contributed by atoms with Crippen LogP contribution in [0.3, 0.4) is 0 Å². The molecule has 0 unspecified atom stereocenters. The maximum atomic E-state index is 13.5. The number of nitrogens with zero attached hydrogens (tertiary/aromatic N) is 1. The van der Waals surface area contributed by atoms with Gasteiger partial charge in [-0.25, -0.2) is 4.79 Å². The Morgan fingerprint density at radius 1 is 0.800 bits per heavy atom. The predicted octanol–water partition coefficient (Wildman–Crippen LogP) is 4.95. The van der Waals surface area contributed by atoms with Crippen LogP contribution in [-0.4, -0.2) is 9.67 Å². The molecule has 5 nitrogen and oxygen atoms in total. The molecule has 0 aliphatic rings.